The first-order valence-corrected chi connectivity index (χ1v) is 7.00. The number of carbonyl (C=O) groups excluding carboxylic acids is 1. The van der Waals surface area contributed by atoms with Gasteiger partial charge < -0.3 is 10.4 Å². The van der Waals surface area contributed by atoms with Gasteiger partial charge in [0.15, 0.2) is 0 Å². The van der Waals surface area contributed by atoms with E-state index in [1.54, 1.807) is 13.0 Å². The van der Waals surface area contributed by atoms with Crippen molar-refractivity contribution < 1.29 is 14.7 Å². The number of nitrogens with one attached hydrogen (secondary N) is 1. The maximum absolute atomic E-state index is 11.9. The quantitative estimate of drug-likeness (QED) is 0.813. The van der Waals surface area contributed by atoms with Crippen LogP contribution in [0.4, 0.5) is 0 Å². The van der Waals surface area contributed by atoms with Gasteiger partial charge in [-0.15, -0.1) is 0 Å². The molecule has 0 saturated carbocycles. The minimum absolute atomic E-state index is 0.0585. The Morgan fingerprint density at radius 1 is 1.35 bits per heavy atom. The molecule has 0 bridgehead atoms. The second kappa shape index (κ2) is 7.90. The molecule has 1 aromatic carbocycles. The Bertz CT molecular complexity index is 476. The van der Waals surface area contributed by atoms with E-state index in [1.165, 1.54) is 0 Å². The number of hydrogen-bond donors (Lipinski definition) is 2. The number of carbonyl (C=O) groups is 2. The minimum Gasteiger partial charge on any atom is -0.481 e. The van der Waals surface area contributed by atoms with Gasteiger partial charge in [0.1, 0.15) is 0 Å². The van der Waals surface area contributed by atoms with Gasteiger partial charge in [0, 0.05) is 23.9 Å². The highest BCUT2D eigenvalue weighted by atomic mass is 35.5. The Labute approximate surface area is 124 Å². The van der Waals surface area contributed by atoms with Crippen LogP contribution in [0.2, 0.25) is 5.02 Å². The molecule has 0 aliphatic rings. The predicted octanol–water partition coefficient (Wildman–Crippen LogP) is 2.75. The number of benzene rings is 1. The summed E-state index contributed by atoms with van der Waals surface area (Å²) in [6.45, 7) is 4.03. The van der Waals surface area contributed by atoms with E-state index in [9.17, 15) is 9.59 Å². The highest BCUT2D eigenvalue weighted by molar-refractivity contribution is 6.30. The molecule has 1 aromatic rings. The van der Waals surface area contributed by atoms with Crippen molar-refractivity contribution in [2.75, 3.05) is 6.54 Å². The number of amides is 1. The minimum atomic E-state index is -0.848. The number of hydrogen-bond acceptors (Lipinski definition) is 2. The van der Waals surface area contributed by atoms with Gasteiger partial charge >= 0.3 is 5.97 Å². The van der Waals surface area contributed by atoms with Crippen LogP contribution in [0.25, 0.3) is 0 Å². The molecule has 110 valence electrons. The van der Waals surface area contributed by atoms with Crippen LogP contribution in [0.15, 0.2) is 24.3 Å². The molecule has 0 heterocycles. The van der Waals surface area contributed by atoms with Crippen molar-refractivity contribution in [2.24, 2.45) is 11.8 Å². The van der Waals surface area contributed by atoms with Gasteiger partial charge in [0.05, 0.1) is 0 Å². The summed E-state index contributed by atoms with van der Waals surface area (Å²) < 4.78 is 0. The Balaban J connectivity index is 2.41. The first-order chi connectivity index (χ1) is 9.38. The third kappa shape index (κ3) is 6.06. The summed E-state index contributed by atoms with van der Waals surface area (Å²) in [5, 5.41) is 12.1. The van der Waals surface area contributed by atoms with Gasteiger partial charge in [-0.2, -0.15) is 0 Å². The summed E-state index contributed by atoms with van der Waals surface area (Å²) in [4.78, 5) is 22.5. The van der Waals surface area contributed by atoms with E-state index in [0.29, 0.717) is 18.0 Å². The van der Waals surface area contributed by atoms with Crippen molar-refractivity contribution >= 4 is 23.5 Å². The topological polar surface area (TPSA) is 66.4 Å². The van der Waals surface area contributed by atoms with Crippen molar-refractivity contribution in [2.45, 2.75) is 26.7 Å². The molecular weight excluding hydrogens is 278 g/mol. The van der Waals surface area contributed by atoms with E-state index in [4.69, 9.17) is 16.7 Å². The van der Waals surface area contributed by atoms with E-state index in [0.717, 1.165) is 5.56 Å². The Morgan fingerprint density at radius 3 is 2.65 bits per heavy atom. The second-order valence-electron chi connectivity index (χ2n) is 5.18. The maximum atomic E-state index is 11.9. The monoisotopic (exact) mass is 297 g/mol. The van der Waals surface area contributed by atoms with E-state index >= 15 is 0 Å². The first kappa shape index (κ1) is 16.5. The summed E-state index contributed by atoms with van der Waals surface area (Å²) in [6, 6.07) is 7.43. The third-order valence-electron chi connectivity index (χ3n) is 3.03. The number of carboxylic acids is 1. The maximum Gasteiger partial charge on any atom is 0.303 e. The fourth-order valence-corrected chi connectivity index (χ4v) is 2.14. The molecule has 2 N–H and O–H groups in total. The summed E-state index contributed by atoms with van der Waals surface area (Å²) in [5.74, 6) is -1.17. The van der Waals surface area contributed by atoms with Crippen LogP contribution >= 0.6 is 11.6 Å². The molecule has 20 heavy (non-hydrogen) atoms. The largest absolute Gasteiger partial charge is 0.481 e. The lowest BCUT2D eigenvalue weighted by Crippen LogP contribution is -2.34. The zero-order valence-corrected chi connectivity index (χ0v) is 12.5. The van der Waals surface area contributed by atoms with Crippen LogP contribution in [0.1, 0.15) is 25.8 Å². The fraction of sp³-hybridized carbons (Fsp3) is 0.467. The zero-order chi connectivity index (χ0) is 15.1. The smallest absolute Gasteiger partial charge is 0.303 e. The molecule has 4 nitrogen and oxygen atoms in total. The lowest BCUT2D eigenvalue weighted by atomic mass is 10.00. The van der Waals surface area contributed by atoms with Gasteiger partial charge in [0.2, 0.25) is 5.91 Å². The van der Waals surface area contributed by atoms with Crippen molar-refractivity contribution in [1.29, 1.82) is 0 Å². The molecule has 1 amide bonds. The SMILES string of the molecule is CC(CNC(=O)C(C)Cc1cccc(Cl)c1)CC(=O)O. The summed E-state index contributed by atoms with van der Waals surface area (Å²) in [6.07, 6.45) is 0.669. The van der Waals surface area contributed by atoms with Crippen LogP contribution in [-0.4, -0.2) is 23.5 Å². The molecule has 0 radical (unpaired) electrons. The molecule has 2 atom stereocenters. The Morgan fingerprint density at radius 2 is 2.05 bits per heavy atom. The van der Waals surface area contributed by atoms with Crippen LogP contribution in [0, 0.1) is 11.8 Å². The van der Waals surface area contributed by atoms with Gasteiger partial charge in [-0.05, 0) is 30.0 Å². The molecule has 0 aliphatic carbocycles. The Kier molecular flexibility index (Phi) is 6.52. The molecule has 0 saturated heterocycles. The molecule has 0 fully saturated rings. The summed E-state index contributed by atoms with van der Waals surface area (Å²) in [5.41, 5.74) is 1.01. The number of rotatable bonds is 7. The zero-order valence-electron chi connectivity index (χ0n) is 11.7. The van der Waals surface area contributed by atoms with E-state index in [2.05, 4.69) is 5.32 Å². The molecule has 0 spiro atoms. The van der Waals surface area contributed by atoms with Crippen LogP contribution < -0.4 is 5.32 Å². The highest BCUT2D eigenvalue weighted by Gasteiger charge is 2.15. The lowest BCUT2D eigenvalue weighted by molar-refractivity contribution is -0.138. The second-order valence-corrected chi connectivity index (χ2v) is 5.62. The van der Waals surface area contributed by atoms with Gasteiger partial charge in [-0.25, -0.2) is 0 Å². The van der Waals surface area contributed by atoms with Gasteiger partial charge in [0.25, 0.3) is 0 Å². The van der Waals surface area contributed by atoms with E-state index < -0.39 is 5.97 Å². The molecular formula is C15H20ClNO3. The molecule has 0 aromatic heterocycles. The van der Waals surface area contributed by atoms with Crippen LogP contribution in [-0.2, 0) is 16.0 Å². The number of halogens is 1. The normalized spacial score (nSPS) is 13.6. The average Bonchev–Trinajstić information content (AvgIpc) is 2.35. The number of carboxylic acid groups (broad SMARTS) is 1. The fourth-order valence-electron chi connectivity index (χ4n) is 1.93. The molecule has 0 aliphatic heterocycles. The van der Waals surface area contributed by atoms with Crippen LogP contribution in [0.5, 0.6) is 0 Å². The third-order valence-corrected chi connectivity index (χ3v) is 3.26. The Hall–Kier alpha value is -1.55. The van der Waals surface area contributed by atoms with Crippen molar-refractivity contribution in [3.05, 3.63) is 34.9 Å². The van der Waals surface area contributed by atoms with Gasteiger partial charge in [-0.3, -0.25) is 9.59 Å². The average molecular weight is 298 g/mol. The standard InChI is InChI=1S/C15H20ClNO3/c1-10(6-14(18)19)9-17-15(20)11(2)7-12-4-3-5-13(16)8-12/h3-5,8,10-11H,6-7,9H2,1-2H3,(H,17,20)(H,18,19). The van der Waals surface area contributed by atoms with E-state index in [1.807, 2.05) is 25.1 Å². The lowest BCUT2D eigenvalue weighted by Gasteiger charge is -2.15. The molecule has 2 unspecified atom stereocenters. The van der Waals surface area contributed by atoms with Crippen LogP contribution in [0.3, 0.4) is 0 Å². The van der Waals surface area contributed by atoms with Crippen molar-refractivity contribution in [3.63, 3.8) is 0 Å². The van der Waals surface area contributed by atoms with E-state index in [-0.39, 0.29) is 24.2 Å². The molecule has 5 heteroatoms. The molecule has 1 rings (SSSR count). The number of aliphatic carboxylic acids is 1. The van der Waals surface area contributed by atoms with Crippen molar-refractivity contribution in [1.82, 2.24) is 5.32 Å². The first-order valence-electron chi connectivity index (χ1n) is 6.62. The summed E-state index contributed by atoms with van der Waals surface area (Å²) in [7, 11) is 0. The van der Waals surface area contributed by atoms with Gasteiger partial charge in [-0.1, -0.05) is 37.6 Å². The highest BCUT2D eigenvalue weighted by Crippen LogP contribution is 2.14. The summed E-state index contributed by atoms with van der Waals surface area (Å²) >= 11 is 5.90. The predicted molar refractivity (Wildman–Crippen MR) is 78.7 cm³/mol. The van der Waals surface area contributed by atoms with Crippen molar-refractivity contribution in [3.8, 4) is 0 Å².